The topological polar surface area (TPSA) is 118 Å². The number of carbonyl (C=O) groups excluding carboxylic acids is 1. The molecule has 10 heteroatoms. The second-order valence-corrected chi connectivity index (χ2v) is 8.12. The summed E-state index contributed by atoms with van der Waals surface area (Å²) < 4.78 is 25.5. The molecule has 1 amide bonds. The van der Waals surface area contributed by atoms with Gasteiger partial charge in [0.2, 0.25) is 11.9 Å². The summed E-state index contributed by atoms with van der Waals surface area (Å²) in [6.07, 6.45) is 3.24. The van der Waals surface area contributed by atoms with Gasteiger partial charge in [0, 0.05) is 37.1 Å². The lowest BCUT2D eigenvalue weighted by molar-refractivity contribution is -0.126. The molecule has 9 nitrogen and oxygen atoms in total. The number of anilines is 2. The number of halogens is 1. The number of fused-ring (bicyclic) bond motifs is 1. The van der Waals surface area contributed by atoms with Gasteiger partial charge >= 0.3 is 0 Å². The van der Waals surface area contributed by atoms with Crippen LogP contribution in [-0.4, -0.2) is 60.7 Å². The molecule has 0 aliphatic carbocycles. The van der Waals surface area contributed by atoms with Gasteiger partial charge in [0.05, 0.1) is 25.9 Å². The molecule has 2 heterocycles. The number of ether oxygens (including phenoxy) is 2. The molecule has 4 rings (SSSR count). The number of nitrogens with two attached hydrogens (primary N) is 1. The molecule has 2 N–H and O–H groups in total. The first-order chi connectivity index (χ1) is 16.9. The van der Waals surface area contributed by atoms with Crippen LogP contribution in [0.25, 0.3) is 17.0 Å². The lowest BCUT2D eigenvalue weighted by Crippen LogP contribution is -2.54. The third-order valence-corrected chi connectivity index (χ3v) is 5.95. The Bertz CT molecular complexity index is 1340. The van der Waals surface area contributed by atoms with Gasteiger partial charge in [-0.25, -0.2) is 9.37 Å². The number of methoxy groups -OCH3 is 2. The van der Waals surface area contributed by atoms with E-state index in [1.807, 2.05) is 11.8 Å². The highest BCUT2D eigenvalue weighted by Crippen LogP contribution is 2.37. The molecule has 1 aliphatic rings. The number of hydrogen-bond acceptors (Lipinski definition) is 8. The molecule has 180 valence electrons. The minimum Gasteiger partial charge on any atom is -0.493 e. The Morgan fingerprint density at radius 1 is 1.23 bits per heavy atom. The standard InChI is InChI=1S/C25H25FN6O3/c1-15-14-31(20(33)9-8-16-4-6-17(13-27)7-5-16)10-11-32(15)25-29-22-18(24(28)30-25)12-19(34-2)23(35-3)21(22)26/h4-9,12,15H,10-11,14H2,1-3H3,(H2,28,29,30)/b9-8+. The Kier molecular flexibility index (Phi) is 6.68. The molecule has 35 heavy (non-hydrogen) atoms. The van der Waals surface area contributed by atoms with Gasteiger partial charge < -0.3 is 25.0 Å². The van der Waals surface area contributed by atoms with E-state index >= 15 is 4.39 Å². The quantitative estimate of drug-likeness (QED) is 0.559. The van der Waals surface area contributed by atoms with E-state index in [-0.39, 0.29) is 40.7 Å². The molecule has 0 bridgehead atoms. The Morgan fingerprint density at radius 3 is 2.60 bits per heavy atom. The molecule has 1 aromatic heterocycles. The molecular formula is C25H25FN6O3. The highest BCUT2D eigenvalue weighted by Gasteiger charge is 2.29. The second-order valence-electron chi connectivity index (χ2n) is 8.12. The summed E-state index contributed by atoms with van der Waals surface area (Å²) in [5.74, 6) is -0.235. The molecular weight excluding hydrogens is 451 g/mol. The smallest absolute Gasteiger partial charge is 0.246 e. The SMILES string of the molecule is COc1cc2c(N)nc(N3CCN(C(=O)/C=C/c4ccc(C#N)cc4)CC3C)nc2c(F)c1OC. The molecule has 1 unspecified atom stereocenters. The summed E-state index contributed by atoms with van der Waals surface area (Å²) in [7, 11) is 2.77. The molecule has 3 aromatic rings. The van der Waals surface area contributed by atoms with E-state index in [2.05, 4.69) is 16.0 Å². The van der Waals surface area contributed by atoms with Crippen LogP contribution in [0.15, 0.2) is 36.4 Å². The number of aromatic nitrogens is 2. The monoisotopic (exact) mass is 476 g/mol. The molecule has 1 atom stereocenters. The number of nitrogen functional groups attached to an aromatic ring is 1. The van der Waals surface area contributed by atoms with Gasteiger partial charge in [0.15, 0.2) is 17.3 Å². The van der Waals surface area contributed by atoms with Gasteiger partial charge in [0.1, 0.15) is 11.3 Å². The van der Waals surface area contributed by atoms with E-state index in [4.69, 9.17) is 20.5 Å². The van der Waals surface area contributed by atoms with Gasteiger partial charge in [-0.3, -0.25) is 4.79 Å². The summed E-state index contributed by atoms with van der Waals surface area (Å²) in [5.41, 5.74) is 7.59. The highest BCUT2D eigenvalue weighted by molar-refractivity contribution is 5.93. The third-order valence-electron chi connectivity index (χ3n) is 5.95. The minimum absolute atomic E-state index is 0.0428. The van der Waals surface area contributed by atoms with Crippen molar-refractivity contribution in [3.05, 3.63) is 53.4 Å². The van der Waals surface area contributed by atoms with Crippen LogP contribution in [-0.2, 0) is 4.79 Å². The van der Waals surface area contributed by atoms with Gasteiger partial charge in [-0.1, -0.05) is 12.1 Å². The molecule has 1 fully saturated rings. The Hall–Kier alpha value is -4.39. The number of rotatable bonds is 5. The number of nitrogens with zero attached hydrogens (tertiary/aromatic N) is 5. The molecule has 1 saturated heterocycles. The van der Waals surface area contributed by atoms with E-state index in [1.165, 1.54) is 20.3 Å². The molecule has 0 saturated carbocycles. The average molecular weight is 477 g/mol. The van der Waals surface area contributed by atoms with Crippen LogP contribution in [0.3, 0.4) is 0 Å². The molecule has 0 radical (unpaired) electrons. The van der Waals surface area contributed by atoms with Crippen molar-refractivity contribution in [1.29, 1.82) is 5.26 Å². The molecule has 1 aliphatic heterocycles. The summed E-state index contributed by atoms with van der Waals surface area (Å²) in [6.45, 7) is 3.28. The lowest BCUT2D eigenvalue weighted by atomic mass is 10.1. The Balaban J connectivity index is 1.52. The van der Waals surface area contributed by atoms with Gasteiger partial charge in [0.25, 0.3) is 0 Å². The number of carbonyl (C=O) groups is 1. The molecule has 2 aromatic carbocycles. The van der Waals surface area contributed by atoms with Crippen molar-refractivity contribution >= 4 is 34.7 Å². The zero-order valence-electron chi connectivity index (χ0n) is 19.7. The number of amides is 1. The summed E-state index contributed by atoms with van der Waals surface area (Å²) >= 11 is 0. The molecule has 0 spiro atoms. The fraction of sp³-hybridized carbons (Fsp3) is 0.280. The van der Waals surface area contributed by atoms with Crippen LogP contribution in [0.2, 0.25) is 0 Å². The van der Waals surface area contributed by atoms with Crippen LogP contribution >= 0.6 is 0 Å². The van der Waals surface area contributed by atoms with Crippen molar-refractivity contribution in [1.82, 2.24) is 14.9 Å². The van der Waals surface area contributed by atoms with E-state index in [0.717, 1.165) is 5.56 Å². The average Bonchev–Trinajstić information content (AvgIpc) is 2.87. The minimum atomic E-state index is -0.674. The van der Waals surface area contributed by atoms with Gasteiger partial charge in [-0.15, -0.1) is 0 Å². The zero-order chi connectivity index (χ0) is 25.1. The van der Waals surface area contributed by atoms with E-state index in [0.29, 0.717) is 30.6 Å². The van der Waals surface area contributed by atoms with Crippen molar-refractivity contribution in [3.63, 3.8) is 0 Å². The summed E-state index contributed by atoms with van der Waals surface area (Å²) in [5, 5.41) is 9.22. The number of benzene rings is 2. The van der Waals surface area contributed by atoms with Crippen molar-refractivity contribution in [2.45, 2.75) is 13.0 Å². The predicted molar refractivity (Wildman–Crippen MR) is 131 cm³/mol. The first-order valence-electron chi connectivity index (χ1n) is 11.0. The normalized spacial score (nSPS) is 15.9. The van der Waals surface area contributed by atoms with Crippen LogP contribution in [0.5, 0.6) is 11.5 Å². The number of nitriles is 1. The maximum atomic E-state index is 15.1. The fourth-order valence-corrected chi connectivity index (χ4v) is 4.06. The first-order valence-corrected chi connectivity index (χ1v) is 11.0. The zero-order valence-corrected chi connectivity index (χ0v) is 19.7. The third kappa shape index (κ3) is 4.66. The van der Waals surface area contributed by atoms with Crippen LogP contribution in [0.4, 0.5) is 16.2 Å². The largest absolute Gasteiger partial charge is 0.493 e. The summed E-state index contributed by atoms with van der Waals surface area (Å²) in [6, 6.07) is 10.5. The van der Waals surface area contributed by atoms with Gasteiger partial charge in [-0.05, 0) is 36.8 Å². The maximum absolute atomic E-state index is 15.1. The van der Waals surface area contributed by atoms with E-state index < -0.39 is 5.82 Å². The van der Waals surface area contributed by atoms with Crippen molar-refractivity contribution in [2.75, 3.05) is 44.5 Å². The lowest BCUT2D eigenvalue weighted by Gasteiger charge is -2.39. The Labute approximate surface area is 202 Å². The predicted octanol–water partition coefficient (Wildman–Crippen LogP) is 2.99. The van der Waals surface area contributed by atoms with Crippen molar-refractivity contribution in [2.24, 2.45) is 0 Å². The highest BCUT2D eigenvalue weighted by atomic mass is 19.1. The first kappa shape index (κ1) is 23.8. The van der Waals surface area contributed by atoms with E-state index in [1.54, 1.807) is 41.3 Å². The second kappa shape index (κ2) is 9.85. The van der Waals surface area contributed by atoms with Crippen LogP contribution < -0.4 is 20.1 Å². The van der Waals surface area contributed by atoms with Crippen LogP contribution in [0.1, 0.15) is 18.1 Å². The van der Waals surface area contributed by atoms with Crippen molar-refractivity contribution < 1.29 is 18.7 Å². The maximum Gasteiger partial charge on any atom is 0.246 e. The van der Waals surface area contributed by atoms with Gasteiger partial charge in [-0.2, -0.15) is 10.2 Å². The Morgan fingerprint density at radius 2 is 1.97 bits per heavy atom. The van der Waals surface area contributed by atoms with Crippen molar-refractivity contribution in [3.8, 4) is 17.6 Å². The summed E-state index contributed by atoms with van der Waals surface area (Å²) in [4.78, 5) is 25.2. The number of piperazine rings is 1. The number of hydrogen-bond donors (Lipinski definition) is 1. The van der Waals surface area contributed by atoms with E-state index in [9.17, 15) is 4.79 Å². The van der Waals surface area contributed by atoms with Crippen LogP contribution in [0, 0.1) is 17.1 Å². The fourth-order valence-electron chi connectivity index (χ4n) is 4.06.